The van der Waals surface area contributed by atoms with Gasteiger partial charge in [-0.2, -0.15) is 0 Å². The van der Waals surface area contributed by atoms with Crippen molar-refractivity contribution in [3.05, 3.63) is 0 Å². The van der Waals surface area contributed by atoms with Crippen LogP contribution in [0.2, 0.25) is 0 Å². The first-order chi connectivity index (χ1) is 6.33. The molecule has 1 fully saturated rings. The molecule has 5 heteroatoms. The third-order valence-electron chi connectivity index (χ3n) is 1.77. The van der Waals surface area contributed by atoms with E-state index in [9.17, 15) is 4.79 Å². The van der Waals surface area contributed by atoms with Crippen molar-refractivity contribution in [3.8, 4) is 0 Å². The van der Waals surface area contributed by atoms with E-state index in [1.807, 2.05) is 0 Å². The van der Waals surface area contributed by atoms with Crippen molar-refractivity contribution in [1.82, 2.24) is 10.6 Å². The highest BCUT2D eigenvalue weighted by Crippen LogP contribution is 1.91. The van der Waals surface area contributed by atoms with E-state index in [4.69, 9.17) is 9.47 Å². The van der Waals surface area contributed by atoms with Crippen LogP contribution in [-0.4, -0.2) is 45.0 Å². The summed E-state index contributed by atoms with van der Waals surface area (Å²) in [4.78, 5) is 10.9. The summed E-state index contributed by atoms with van der Waals surface area (Å²) in [5.41, 5.74) is 0. The summed E-state index contributed by atoms with van der Waals surface area (Å²) >= 11 is 0. The van der Waals surface area contributed by atoms with E-state index in [1.165, 1.54) is 0 Å². The first kappa shape index (κ1) is 10.3. The third-order valence-corrected chi connectivity index (χ3v) is 1.77. The van der Waals surface area contributed by atoms with Gasteiger partial charge in [0.05, 0.1) is 19.8 Å². The Labute approximate surface area is 77.8 Å². The molecule has 0 aromatic rings. The van der Waals surface area contributed by atoms with Crippen LogP contribution in [0.4, 0.5) is 4.79 Å². The molecule has 13 heavy (non-hydrogen) atoms. The molecular formula is C8H16N2O3. The van der Waals surface area contributed by atoms with Crippen LogP contribution in [-0.2, 0) is 9.47 Å². The molecule has 0 spiro atoms. The zero-order chi connectivity index (χ0) is 9.52. The van der Waals surface area contributed by atoms with Crippen molar-refractivity contribution in [2.45, 2.75) is 13.0 Å². The lowest BCUT2D eigenvalue weighted by Gasteiger charge is -2.23. The van der Waals surface area contributed by atoms with E-state index < -0.39 is 0 Å². The Balaban J connectivity index is 2.06. The van der Waals surface area contributed by atoms with Gasteiger partial charge < -0.3 is 20.1 Å². The van der Waals surface area contributed by atoms with E-state index in [1.54, 1.807) is 6.92 Å². The highest BCUT2D eigenvalue weighted by molar-refractivity contribution is 5.67. The van der Waals surface area contributed by atoms with E-state index in [2.05, 4.69) is 10.6 Å². The highest BCUT2D eigenvalue weighted by atomic mass is 16.5. The molecule has 1 amide bonds. The number of carbonyl (C=O) groups is 1. The van der Waals surface area contributed by atoms with Crippen molar-refractivity contribution < 1.29 is 14.3 Å². The van der Waals surface area contributed by atoms with Gasteiger partial charge in [0, 0.05) is 19.1 Å². The molecule has 76 valence electrons. The van der Waals surface area contributed by atoms with E-state index in [0.717, 1.165) is 13.2 Å². The number of alkyl carbamates (subject to hydrolysis) is 1. The molecule has 2 N–H and O–H groups in total. The maximum absolute atomic E-state index is 10.9. The number of morpholine rings is 1. The van der Waals surface area contributed by atoms with Crippen molar-refractivity contribution in [1.29, 1.82) is 0 Å². The molecule has 0 aliphatic carbocycles. The summed E-state index contributed by atoms with van der Waals surface area (Å²) in [6.45, 7) is 4.97. The lowest BCUT2D eigenvalue weighted by Crippen LogP contribution is -2.48. The molecule has 0 bridgehead atoms. The molecule has 1 atom stereocenters. The quantitative estimate of drug-likeness (QED) is 0.639. The fourth-order valence-electron chi connectivity index (χ4n) is 1.14. The minimum atomic E-state index is -0.366. The molecule has 5 nitrogen and oxygen atoms in total. The summed E-state index contributed by atoms with van der Waals surface area (Å²) in [7, 11) is 0. The predicted molar refractivity (Wildman–Crippen MR) is 47.6 cm³/mol. The van der Waals surface area contributed by atoms with Gasteiger partial charge in [-0.05, 0) is 6.92 Å². The van der Waals surface area contributed by atoms with Crippen LogP contribution in [0.25, 0.3) is 0 Å². The van der Waals surface area contributed by atoms with E-state index in [-0.39, 0.29) is 12.1 Å². The molecule has 1 saturated heterocycles. The number of nitrogens with one attached hydrogen (secondary N) is 2. The average molecular weight is 188 g/mol. The Kier molecular flexibility index (Phi) is 4.56. The molecule has 1 aliphatic heterocycles. The van der Waals surface area contributed by atoms with Crippen LogP contribution in [0.5, 0.6) is 0 Å². The van der Waals surface area contributed by atoms with Crippen LogP contribution < -0.4 is 10.6 Å². The molecule has 1 aliphatic rings. The summed E-state index contributed by atoms with van der Waals surface area (Å²) in [6.07, 6.45) is -0.366. The molecule has 0 aromatic carbocycles. The standard InChI is InChI=1S/C8H16N2O3/c1-2-13-8(11)10-5-7-6-12-4-3-9-7/h7,9H,2-6H2,1H3,(H,10,11)/t7-/m1/s1. The molecular weight excluding hydrogens is 172 g/mol. The van der Waals surface area contributed by atoms with Gasteiger partial charge in [-0.3, -0.25) is 0 Å². The van der Waals surface area contributed by atoms with Gasteiger partial charge in [-0.1, -0.05) is 0 Å². The van der Waals surface area contributed by atoms with Gasteiger partial charge in [0.15, 0.2) is 0 Å². The average Bonchev–Trinajstić information content (AvgIpc) is 2.17. The first-order valence-electron chi connectivity index (χ1n) is 4.54. The van der Waals surface area contributed by atoms with E-state index in [0.29, 0.717) is 19.8 Å². The van der Waals surface area contributed by atoms with Gasteiger partial charge in [-0.25, -0.2) is 4.79 Å². The van der Waals surface area contributed by atoms with Crippen LogP contribution in [0.15, 0.2) is 0 Å². The van der Waals surface area contributed by atoms with Crippen molar-refractivity contribution in [2.24, 2.45) is 0 Å². The van der Waals surface area contributed by atoms with Gasteiger partial charge in [0.1, 0.15) is 0 Å². The van der Waals surface area contributed by atoms with Crippen LogP contribution in [0, 0.1) is 0 Å². The van der Waals surface area contributed by atoms with Crippen LogP contribution in [0.1, 0.15) is 6.92 Å². The second kappa shape index (κ2) is 5.77. The zero-order valence-corrected chi connectivity index (χ0v) is 7.84. The number of hydrogen-bond donors (Lipinski definition) is 2. The number of carbonyl (C=O) groups excluding carboxylic acids is 1. The second-order valence-corrected chi connectivity index (χ2v) is 2.83. The lowest BCUT2D eigenvalue weighted by atomic mass is 10.3. The summed E-state index contributed by atoms with van der Waals surface area (Å²) in [5.74, 6) is 0. The lowest BCUT2D eigenvalue weighted by molar-refractivity contribution is 0.0755. The minimum Gasteiger partial charge on any atom is -0.450 e. The number of hydrogen-bond acceptors (Lipinski definition) is 4. The van der Waals surface area contributed by atoms with Gasteiger partial charge in [0.2, 0.25) is 0 Å². The predicted octanol–water partition coefficient (Wildman–Crippen LogP) is -0.279. The molecule has 0 radical (unpaired) electrons. The van der Waals surface area contributed by atoms with Crippen LogP contribution >= 0.6 is 0 Å². The Morgan fingerprint density at radius 3 is 3.23 bits per heavy atom. The maximum atomic E-state index is 10.9. The van der Waals surface area contributed by atoms with Crippen LogP contribution in [0.3, 0.4) is 0 Å². The van der Waals surface area contributed by atoms with Gasteiger partial charge in [0.25, 0.3) is 0 Å². The third kappa shape index (κ3) is 4.10. The molecule has 1 heterocycles. The second-order valence-electron chi connectivity index (χ2n) is 2.83. The van der Waals surface area contributed by atoms with Gasteiger partial charge >= 0.3 is 6.09 Å². The smallest absolute Gasteiger partial charge is 0.407 e. The largest absolute Gasteiger partial charge is 0.450 e. The Bertz CT molecular complexity index is 157. The number of rotatable bonds is 3. The van der Waals surface area contributed by atoms with Crippen molar-refractivity contribution >= 4 is 6.09 Å². The minimum absolute atomic E-state index is 0.207. The Hall–Kier alpha value is -0.810. The number of ether oxygens (including phenoxy) is 2. The van der Waals surface area contributed by atoms with Crippen molar-refractivity contribution in [2.75, 3.05) is 32.9 Å². The first-order valence-corrected chi connectivity index (χ1v) is 4.54. The summed E-state index contributed by atoms with van der Waals surface area (Å²) < 4.78 is 9.93. The fourth-order valence-corrected chi connectivity index (χ4v) is 1.14. The summed E-state index contributed by atoms with van der Waals surface area (Å²) in [6, 6.07) is 0.207. The Morgan fingerprint density at radius 2 is 2.62 bits per heavy atom. The zero-order valence-electron chi connectivity index (χ0n) is 7.84. The SMILES string of the molecule is CCOC(=O)NC[C@@H]1COCCN1. The summed E-state index contributed by atoms with van der Waals surface area (Å²) in [5, 5.41) is 5.87. The monoisotopic (exact) mass is 188 g/mol. The normalized spacial score (nSPS) is 22.4. The fraction of sp³-hybridized carbons (Fsp3) is 0.875. The topological polar surface area (TPSA) is 59.6 Å². The van der Waals surface area contributed by atoms with Crippen molar-refractivity contribution in [3.63, 3.8) is 0 Å². The highest BCUT2D eigenvalue weighted by Gasteiger charge is 2.13. The van der Waals surface area contributed by atoms with Gasteiger partial charge in [-0.15, -0.1) is 0 Å². The molecule has 0 aromatic heterocycles. The Morgan fingerprint density at radius 1 is 1.77 bits per heavy atom. The molecule has 0 saturated carbocycles. The number of amides is 1. The maximum Gasteiger partial charge on any atom is 0.407 e. The molecule has 0 unspecified atom stereocenters. The molecule has 1 rings (SSSR count). The van der Waals surface area contributed by atoms with E-state index >= 15 is 0 Å².